The smallest absolute Gasteiger partial charge is 0.0716 e. The van der Waals surface area contributed by atoms with Gasteiger partial charge in [-0.2, -0.15) is 5.26 Å². The molecule has 0 radical (unpaired) electrons. The minimum Gasteiger partial charge on any atom is -0.381 e. The average molecular weight is 259 g/mol. The first-order valence-electron chi connectivity index (χ1n) is 6.95. The van der Waals surface area contributed by atoms with Crippen molar-refractivity contribution in [2.24, 2.45) is 5.41 Å². The quantitative estimate of drug-likeness (QED) is 0.736. The van der Waals surface area contributed by atoms with Crippen LogP contribution in [0.4, 0.5) is 0 Å². The van der Waals surface area contributed by atoms with E-state index in [0.717, 1.165) is 45.5 Å². The Bertz CT molecular complexity index is 405. The highest BCUT2D eigenvalue weighted by molar-refractivity contribution is 5.13. The van der Waals surface area contributed by atoms with Crippen LogP contribution in [-0.4, -0.2) is 19.8 Å². The van der Waals surface area contributed by atoms with Crippen molar-refractivity contribution in [1.82, 2.24) is 0 Å². The summed E-state index contributed by atoms with van der Waals surface area (Å²) in [6, 6.07) is 12.7. The molecule has 0 spiro atoms. The maximum Gasteiger partial charge on any atom is 0.0716 e. The summed E-state index contributed by atoms with van der Waals surface area (Å²) < 4.78 is 11.0. The van der Waals surface area contributed by atoms with Gasteiger partial charge in [-0.05, 0) is 31.2 Å². The number of hydrogen-bond donors (Lipinski definition) is 0. The van der Waals surface area contributed by atoms with Crippen LogP contribution in [-0.2, 0) is 16.1 Å². The standard InChI is InChI=1S/C16H21NO2/c17-14-16(8-11-18-12-9-16)7-4-10-19-13-15-5-2-1-3-6-15/h1-3,5-6H,4,7-13H2. The molecule has 0 saturated carbocycles. The van der Waals surface area contributed by atoms with Gasteiger partial charge in [0.05, 0.1) is 18.1 Å². The highest BCUT2D eigenvalue weighted by Crippen LogP contribution is 2.34. The van der Waals surface area contributed by atoms with E-state index < -0.39 is 0 Å². The molecule has 0 N–H and O–H groups in total. The first kappa shape index (κ1) is 14.0. The summed E-state index contributed by atoms with van der Waals surface area (Å²) in [5.41, 5.74) is 1.03. The predicted molar refractivity (Wildman–Crippen MR) is 73.4 cm³/mol. The van der Waals surface area contributed by atoms with Crippen molar-refractivity contribution < 1.29 is 9.47 Å². The van der Waals surface area contributed by atoms with E-state index in [9.17, 15) is 5.26 Å². The van der Waals surface area contributed by atoms with Crippen LogP contribution in [0.15, 0.2) is 30.3 Å². The molecule has 1 heterocycles. The Morgan fingerprint density at radius 1 is 1.21 bits per heavy atom. The van der Waals surface area contributed by atoms with E-state index in [0.29, 0.717) is 6.61 Å². The van der Waals surface area contributed by atoms with Crippen LogP contribution in [0.25, 0.3) is 0 Å². The van der Waals surface area contributed by atoms with Crippen molar-refractivity contribution in [2.75, 3.05) is 19.8 Å². The molecule has 0 aromatic heterocycles. The molecule has 1 aromatic carbocycles. The van der Waals surface area contributed by atoms with Gasteiger partial charge in [-0.3, -0.25) is 0 Å². The van der Waals surface area contributed by atoms with E-state index in [-0.39, 0.29) is 5.41 Å². The molecule has 19 heavy (non-hydrogen) atoms. The van der Waals surface area contributed by atoms with Crippen LogP contribution in [0.3, 0.4) is 0 Å². The van der Waals surface area contributed by atoms with E-state index in [1.54, 1.807) is 0 Å². The molecular weight excluding hydrogens is 238 g/mol. The molecule has 102 valence electrons. The van der Waals surface area contributed by atoms with Crippen molar-refractivity contribution >= 4 is 0 Å². The molecule has 1 aromatic rings. The van der Waals surface area contributed by atoms with Crippen LogP contribution in [0.1, 0.15) is 31.2 Å². The van der Waals surface area contributed by atoms with Gasteiger partial charge in [0.25, 0.3) is 0 Å². The number of rotatable bonds is 6. The number of ether oxygens (including phenoxy) is 2. The molecule has 3 nitrogen and oxygen atoms in total. The monoisotopic (exact) mass is 259 g/mol. The van der Waals surface area contributed by atoms with Gasteiger partial charge in [0.2, 0.25) is 0 Å². The fraction of sp³-hybridized carbons (Fsp3) is 0.562. The highest BCUT2D eigenvalue weighted by atomic mass is 16.5. The molecule has 1 fully saturated rings. The molecule has 0 bridgehead atoms. The van der Waals surface area contributed by atoms with Gasteiger partial charge >= 0.3 is 0 Å². The lowest BCUT2D eigenvalue weighted by Crippen LogP contribution is -2.28. The normalized spacial score (nSPS) is 17.8. The second kappa shape index (κ2) is 7.28. The van der Waals surface area contributed by atoms with Crippen LogP contribution in [0.5, 0.6) is 0 Å². The summed E-state index contributed by atoms with van der Waals surface area (Å²) in [6.45, 7) is 2.82. The summed E-state index contributed by atoms with van der Waals surface area (Å²) in [5.74, 6) is 0. The summed E-state index contributed by atoms with van der Waals surface area (Å²) in [6.07, 6.45) is 3.59. The number of benzene rings is 1. The van der Waals surface area contributed by atoms with Gasteiger partial charge in [-0.15, -0.1) is 0 Å². The molecule has 1 aliphatic rings. The molecule has 0 unspecified atom stereocenters. The van der Waals surface area contributed by atoms with Gasteiger partial charge in [-0.25, -0.2) is 0 Å². The van der Waals surface area contributed by atoms with Crippen molar-refractivity contribution in [2.45, 2.75) is 32.3 Å². The van der Waals surface area contributed by atoms with Crippen LogP contribution >= 0.6 is 0 Å². The lowest BCUT2D eigenvalue weighted by Gasteiger charge is -2.30. The van der Waals surface area contributed by atoms with Crippen molar-refractivity contribution in [1.29, 1.82) is 5.26 Å². The third-order valence-corrected chi connectivity index (χ3v) is 3.74. The van der Waals surface area contributed by atoms with E-state index in [1.807, 2.05) is 18.2 Å². The minimum atomic E-state index is -0.172. The third kappa shape index (κ3) is 4.34. The zero-order valence-corrected chi connectivity index (χ0v) is 11.3. The minimum absolute atomic E-state index is 0.172. The Morgan fingerprint density at radius 3 is 2.63 bits per heavy atom. The zero-order chi connectivity index (χ0) is 13.4. The summed E-state index contributed by atoms with van der Waals surface area (Å²) in [5, 5.41) is 9.33. The molecule has 1 saturated heterocycles. The van der Waals surface area contributed by atoms with Crippen LogP contribution in [0.2, 0.25) is 0 Å². The fourth-order valence-electron chi connectivity index (χ4n) is 2.46. The summed E-state index contributed by atoms with van der Waals surface area (Å²) in [7, 11) is 0. The Labute approximate surface area is 115 Å². The van der Waals surface area contributed by atoms with Crippen LogP contribution < -0.4 is 0 Å². The Balaban J connectivity index is 1.65. The topological polar surface area (TPSA) is 42.2 Å². The second-order valence-electron chi connectivity index (χ2n) is 5.15. The highest BCUT2D eigenvalue weighted by Gasteiger charge is 2.31. The molecule has 2 rings (SSSR count). The molecule has 0 amide bonds. The van der Waals surface area contributed by atoms with Crippen molar-refractivity contribution in [3.05, 3.63) is 35.9 Å². The summed E-state index contributed by atoms with van der Waals surface area (Å²) >= 11 is 0. The molecule has 0 atom stereocenters. The molecule has 3 heteroatoms. The fourth-order valence-corrected chi connectivity index (χ4v) is 2.46. The van der Waals surface area contributed by atoms with Gasteiger partial charge in [0, 0.05) is 19.8 Å². The SMILES string of the molecule is N#CC1(CCCOCc2ccccc2)CCOCC1. The number of nitriles is 1. The van der Waals surface area contributed by atoms with E-state index in [1.165, 1.54) is 5.56 Å². The number of hydrogen-bond acceptors (Lipinski definition) is 3. The first-order valence-corrected chi connectivity index (χ1v) is 6.95. The second-order valence-corrected chi connectivity index (χ2v) is 5.15. The third-order valence-electron chi connectivity index (χ3n) is 3.74. The summed E-state index contributed by atoms with van der Waals surface area (Å²) in [4.78, 5) is 0. The molecule has 0 aliphatic carbocycles. The van der Waals surface area contributed by atoms with Gasteiger partial charge in [-0.1, -0.05) is 30.3 Å². The van der Waals surface area contributed by atoms with Gasteiger partial charge in [0.15, 0.2) is 0 Å². The molecular formula is C16H21NO2. The Hall–Kier alpha value is -1.37. The maximum absolute atomic E-state index is 9.33. The zero-order valence-electron chi connectivity index (χ0n) is 11.3. The van der Waals surface area contributed by atoms with Crippen molar-refractivity contribution in [3.63, 3.8) is 0 Å². The lowest BCUT2D eigenvalue weighted by atomic mass is 9.78. The predicted octanol–water partition coefficient (Wildman–Crippen LogP) is 3.30. The van der Waals surface area contributed by atoms with E-state index in [2.05, 4.69) is 18.2 Å². The lowest BCUT2D eigenvalue weighted by molar-refractivity contribution is 0.0301. The maximum atomic E-state index is 9.33. The average Bonchev–Trinajstić information content (AvgIpc) is 2.49. The number of nitrogens with zero attached hydrogens (tertiary/aromatic N) is 1. The van der Waals surface area contributed by atoms with E-state index >= 15 is 0 Å². The van der Waals surface area contributed by atoms with Crippen LogP contribution in [0, 0.1) is 16.7 Å². The van der Waals surface area contributed by atoms with Gasteiger partial charge < -0.3 is 9.47 Å². The van der Waals surface area contributed by atoms with Gasteiger partial charge in [0.1, 0.15) is 0 Å². The van der Waals surface area contributed by atoms with Crippen molar-refractivity contribution in [3.8, 4) is 6.07 Å². The molecule has 1 aliphatic heterocycles. The van der Waals surface area contributed by atoms with E-state index in [4.69, 9.17) is 9.47 Å². The first-order chi connectivity index (χ1) is 9.35. The Kier molecular flexibility index (Phi) is 5.38. The Morgan fingerprint density at radius 2 is 1.95 bits per heavy atom. The largest absolute Gasteiger partial charge is 0.381 e.